The average Bonchev–Trinajstić information content (AvgIpc) is 3.08. The smallest absolute Gasteiger partial charge is 0.407 e. The molecule has 104 valence electrons. The standard InChI is InChI=1S/C14H14BrN3O2/c15-11-3-1-9(2-4-11)12-7-16-13(17-12)10-5-6-18(8-10)14(19)20/h1-4,7,10H,5-6,8H2,(H,16,17)(H,19,20). The largest absolute Gasteiger partial charge is 0.465 e. The fourth-order valence-corrected chi connectivity index (χ4v) is 2.74. The minimum atomic E-state index is -0.854. The molecule has 5 nitrogen and oxygen atoms in total. The molecule has 1 saturated heterocycles. The Morgan fingerprint density at radius 3 is 2.80 bits per heavy atom. The number of aromatic nitrogens is 2. The molecule has 1 aliphatic heterocycles. The van der Waals surface area contributed by atoms with Gasteiger partial charge in [-0.3, -0.25) is 0 Å². The molecule has 0 radical (unpaired) electrons. The number of amides is 1. The number of halogens is 1. The topological polar surface area (TPSA) is 69.2 Å². The van der Waals surface area contributed by atoms with E-state index in [2.05, 4.69) is 25.9 Å². The van der Waals surface area contributed by atoms with Crippen LogP contribution in [0.25, 0.3) is 11.3 Å². The third-order valence-electron chi connectivity index (χ3n) is 3.60. The second-order valence-electron chi connectivity index (χ2n) is 4.90. The van der Waals surface area contributed by atoms with Crippen LogP contribution in [-0.4, -0.2) is 39.2 Å². The summed E-state index contributed by atoms with van der Waals surface area (Å²) in [4.78, 5) is 20.1. The number of carbonyl (C=O) groups is 1. The zero-order valence-corrected chi connectivity index (χ0v) is 12.3. The van der Waals surface area contributed by atoms with Crippen LogP contribution in [0.4, 0.5) is 4.79 Å². The number of carboxylic acid groups (broad SMARTS) is 1. The Kier molecular flexibility index (Phi) is 3.48. The lowest BCUT2D eigenvalue weighted by molar-refractivity contribution is 0.155. The molecule has 0 aliphatic carbocycles. The summed E-state index contributed by atoms with van der Waals surface area (Å²) in [5.41, 5.74) is 2.03. The highest BCUT2D eigenvalue weighted by molar-refractivity contribution is 9.10. The zero-order chi connectivity index (χ0) is 14.1. The molecule has 2 heterocycles. The van der Waals surface area contributed by atoms with E-state index in [4.69, 9.17) is 5.11 Å². The molecule has 2 aromatic rings. The Morgan fingerprint density at radius 1 is 1.40 bits per heavy atom. The van der Waals surface area contributed by atoms with Crippen molar-refractivity contribution >= 4 is 22.0 Å². The molecule has 3 rings (SSSR count). The first-order chi connectivity index (χ1) is 9.63. The van der Waals surface area contributed by atoms with Crippen molar-refractivity contribution in [3.05, 3.63) is 40.8 Å². The molecule has 1 amide bonds. The predicted molar refractivity (Wildman–Crippen MR) is 78.7 cm³/mol. The molecule has 20 heavy (non-hydrogen) atoms. The van der Waals surface area contributed by atoms with Crippen molar-refractivity contribution < 1.29 is 9.90 Å². The summed E-state index contributed by atoms with van der Waals surface area (Å²) in [5, 5.41) is 8.98. The van der Waals surface area contributed by atoms with Gasteiger partial charge in [-0.1, -0.05) is 28.1 Å². The van der Waals surface area contributed by atoms with Crippen LogP contribution in [0.1, 0.15) is 18.2 Å². The van der Waals surface area contributed by atoms with Gasteiger partial charge in [0.15, 0.2) is 0 Å². The molecule has 2 N–H and O–H groups in total. The minimum Gasteiger partial charge on any atom is -0.465 e. The third-order valence-corrected chi connectivity index (χ3v) is 4.12. The van der Waals surface area contributed by atoms with E-state index >= 15 is 0 Å². The summed E-state index contributed by atoms with van der Waals surface area (Å²) in [5.74, 6) is 1.03. The molecule has 1 atom stereocenters. The highest BCUT2D eigenvalue weighted by Crippen LogP contribution is 2.27. The lowest BCUT2D eigenvalue weighted by Gasteiger charge is -2.10. The quantitative estimate of drug-likeness (QED) is 0.884. The van der Waals surface area contributed by atoms with Crippen LogP contribution in [0, 0.1) is 0 Å². The number of hydrogen-bond acceptors (Lipinski definition) is 2. The molecule has 1 unspecified atom stereocenters. The molecule has 0 saturated carbocycles. The maximum absolute atomic E-state index is 10.9. The van der Waals surface area contributed by atoms with Crippen LogP contribution in [0.2, 0.25) is 0 Å². The van der Waals surface area contributed by atoms with Crippen molar-refractivity contribution in [2.75, 3.05) is 13.1 Å². The van der Waals surface area contributed by atoms with Gasteiger partial charge in [0.25, 0.3) is 0 Å². The van der Waals surface area contributed by atoms with Crippen LogP contribution in [-0.2, 0) is 0 Å². The first-order valence-corrected chi connectivity index (χ1v) is 7.21. The van der Waals surface area contributed by atoms with E-state index in [9.17, 15) is 4.79 Å². The van der Waals surface area contributed by atoms with Crippen LogP contribution in [0.5, 0.6) is 0 Å². The second-order valence-corrected chi connectivity index (χ2v) is 5.82. The molecule has 0 bridgehead atoms. The van der Waals surface area contributed by atoms with Gasteiger partial charge < -0.3 is 15.0 Å². The molecule has 0 spiro atoms. The van der Waals surface area contributed by atoms with Gasteiger partial charge in [0.2, 0.25) is 0 Å². The Hall–Kier alpha value is -1.82. The van der Waals surface area contributed by atoms with Gasteiger partial charge in [-0.2, -0.15) is 0 Å². The normalized spacial score (nSPS) is 18.4. The number of H-pyrrole nitrogens is 1. The fourth-order valence-electron chi connectivity index (χ4n) is 2.48. The molecule has 1 aliphatic rings. The lowest BCUT2D eigenvalue weighted by Crippen LogP contribution is -2.26. The van der Waals surface area contributed by atoms with Crippen molar-refractivity contribution in [2.24, 2.45) is 0 Å². The van der Waals surface area contributed by atoms with E-state index in [1.807, 2.05) is 30.5 Å². The summed E-state index contributed by atoms with van der Waals surface area (Å²) < 4.78 is 1.04. The van der Waals surface area contributed by atoms with Crippen molar-refractivity contribution in [3.8, 4) is 11.3 Å². The number of imidazole rings is 1. The number of aromatic amines is 1. The van der Waals surface area contributed by atoms with E-state index in [1.54, 1.807) is 0 Å². The Morgan fingerprint density at radius 2 is 2.15 bits per heavy atom. The Bertz CT molecular complexity index is 624. The van der Waals surface area contributed by atoms with Crippen LogP contribution >= 0.6 is 15.9 Å². The van der Waals surface area contributed by atoms with Crippen LogP contribution in [0.15, 0.2) is 34.9 Å². The predicted octanol–water partition coefficient (Wildman–Crippen LogP) is 3.31. The number of nitrogens with zero attached hydrogens (tertiary/aromatic N) is 2. The molecular formula is C14H14BrN3O2. The highest BCUT2D eigenvalue weighted by Gasteiger charge is 2.28. The zero-order valence-electron chi connectivity index (χ0n) is 10.7. The Labute approximate surface area is 124 Å². The minimum absolute atomic E-state index is 0.162. The van der Waals surface area contributed by atoms with Gasteiger partial charge in [-0.25, -0.2) is 9.78 Å². The van der Waals surface area contributed by atoms with Gasteiger partial charge in [0.05, 0.1) is 11.9 Å². The molecular weight excluding hydrogens is 322 g/mol. The number of nitrogens with one attached hydrogen (secondary N) is 1. The maximum Gasteiger partial charge on any atom is 0.407 e. The second kappa shape index (κ2) is 5.28. The van der Waals surface area contributed by atoms with E-state index in [0.29, 0.717) is 13.1 Å². The van der Waals surface area contributed by atoms with Gasteiger partial charge in [-0.05, 0) is 24.1 Å². The van der Waals surface area contributed by atoms with E-state index < -0.39 is 6.09 Å². The van der Waals surface area contributed by atoms with Crippen molar-refractivity contribution in [1.29, 1.82) is 0 Å². The van der Waals surface area contributed by atoms with Gasteiger partial charge in [0, 0.05) is 23.5 Å². The first-order valence-electron chi connectivity index (χ1n) is 6.42. The molecule has 1 aromatic carbocycles. The van der Waals surface area contributed by atoms with Crippen molar-refractivity contribution in [3.63, 3.8) is 0 Å². The van der Waals surface area contributed by atoms with E-state index in [1.165, 1.54) is 4.90 Å². The van der Waals surface area contributed by atoms with Crippen LogP contribution in [0.3, 0.4) is 0 Å². The number of rotatable bonds is 2. The lowest BCUT2D eigenvalue weighted by atomic mass is 10.1. The highest BCUT2D eigenvalue weighted by atomic mass is 79.9. The maximum atomic E-state index is 10.9. The van der Waals surface area contributed by atoms with E-state index in [0.717, 1.165) is 28.0 Å². The molecule has 1 aromatic heterocycles. The monoisotopic (exact) mass is 335 g/mol. The van der Waals surface area contributed by atoms with Gasteiger partial charge in [0.1, 0.15) is 5.82 Å². The average molecular weight is 336 g/mol. The summed E-state index contributed by atoms with van der Waals surface area (Å²) in [6.07, 6.45) is 1.77. The summed E-state index contributed by atoms with van der Waals surface area (Å²) in [7, 11) is 0. The van der Waals surface area contributed by atoms with Crippen LogP contribution < -0.4 is 0 Å². The van der Waals surface area contributed by atoms with Gasteiger partial charge in [-0.15, -0.1) is 0 Å². The molecule has 1 fully saturated rings. The number of hydrogen-bond donors (Lipinski definition) is 2. The Balaban J connectivity index is 1.77. The fraction of sp³-hybridized carbons (Fsp3) is 0.286. The van der Waals surface area contributed by atoms with Crippen molar-refractivity contribution in [1.82, 2.24) is 14.9 Å². The number of likely N-dealkylation sites (tertiary alicyclic amines) is 1. The van der Waals surface area contributed by atoms with E-state index in [-0.39, 0.29) is 5.92 Å². The SMILES string of the molecule is O=C(O)N1CCC(c2ncc(-c3ccc(Br)cc3)[nH]2)C1. The first kappa shape index (κ1) is 13.2. The summed E-state index contributed by atoms with van der Waals surface area (Å²) in [6.45, 7) is 1.09. The summed E-state index contributed by atoms with van der Waals surface area (Å²) >= 11 is 3.41. The van der Waals surface area contributed by atoms with Gasteiger partial charge >= 0.3 is 6.09 Å². The number of benzene rings is 1. The van der Waals surface area contributed by atoms with Crippen molar-refractivity contribution in [2.45, 2.75) is 12.3 Å². The molecule has 6 heteroatoms. The third kappa shape index (κ3) is 2.56. The summed E-state index contributed by atoms with van der Waals surface area (Å²) in [6, 6.07) is 7.99.